The minimum absolute atomic E-state index is 0.0303. The molecule has 1 heterocycles. The first-order valence-electron chi connectivity index (χ1n) is 7.59. The van der Waals surface area contributed by atoms with Gasteiger partial charge in [0, 0.05) is 13.1 Å². The van der Waals surface area contributed by atoms with Gasteiger partial charge in [0.1, 0.15) is 6.10 Å². The largest absolute Gasteiger partial charge is 0.479 e. The van der Waals surface area contributed by atoms with Gasteiger partial charge in [-0.2, -0.15) is 0 Å². The van der Waals surface area contributed by atoms with E-state index in [-0.39, 0.29) is 11.9 Å². The Morgan fingerprint density at radius 3 is 2.41 bits per heavy atom. The average Bonchev–Trinajstić information content (AvgIpc) is 2.98. The minimum atomic E-state index is -0.995. The number of aryl methyl sites for hydroxylation is 1. The van der Waals surface area contributed by atoms with Gasteiger partial charge in [0.25, 0.3) is 5.91 Å². The van der Waals surface area contributed by atoms with Crippen LogP contribution in [0.2, 0.25) is 0 Å². The van der Waals surface area contributed by atoms with Crippen molar-refractivity contribution in [3.05, 3.63) is 35.4 Å². The summed E-state index contributed by atoms with van der Waals surface area (Å²) in [4.78, 5) is 25.0. The number of hydrogen-bond donors (Lipinski definition) is 1. The number of hydrogen-bond acceptors (Lipinski definition) is 3. The summed E-state index contributed by atoms with van der Waals surface area (Å²) < 4.78 is 5.33. The van der Waals surface area contributed by atoms with Crippen LogP contribution in [0.3, 0.4) is 0 Å². The second-order valence-electron chi connectivity index (χ2n) is 6.02. The molecule has 120 valence electrons. The highest BCUT2D eigenvalue weighted by atomic mass is 16.5. The number of ether oxygens (including phenoxy) is 1. The molecule has 5 nitrogen and oxygen atoms in total. The zero-order valence-electron chi connectivity index (χ0n) is 13.3. The highest BCUT2D eigenvalue weighted by Crippen LogP contribution is 2.22. The van der Waals surface area contributed by atoms with Crippen molar-refractivity contribution in [1.29, 1.82) is 0 Å². The van der Waals surface area contributed by atoms with Crippen molar-refractivity contribution in [2.45, 2.75) is 51.4 Å². The van der Waals surface area contributed by atoms with E-state index < -0.39 is 18.2 Å². The van der Waals surface area contributed by atoms with Crippen molar-refractivity contribution in [1.82, 2.24) is 4.90 Å². The molecule has 1 N–H and O–H groups in total. The number of likely N-dealkylation sites (N-methyl/N-ethyl adjacent to an activating group) is 1. The van der Waals surface area contributed by atoms with Crippen molar-refractivity contribution >= 4 is 11.9 Å². The van der Waals surface area contributed by atoms with Crippen LogP contribution in [0, 0.1) is 6.92 Å². The molecule has 1 aliphatic heterocycles. The number of carbonyl (C=O) groups excluding carboxylic acids is 1. The minimum Gasteiger partial charge on any atom is -0.479 e. The fourth-order valence-corrected chi connectivity index (χ4v) is 2.65. The van der Waals surface area contributed by atoms with Crippen LogP contribution in [0.25, 0.3) is 0 Å². The van der Waals surface area contributed by atoms with Gasteiger partial charge in [-0.1, -0.05) is 29.8 Å². The summed E-state index contributed by atoms with van der Waals surface area (Å²) >= 11 is 0. The maximum Gasteiger partial charge on any atom is 0.332 e. The first kappa shape index (κ1) is 16.5. The van der Waals surface area contributed by atoms with Crippen molar-refractivity contribution < 1.29 is 19.4 Å². The number of aliphatic carboxylic acids is 1. The predicted molar refractivity (Wildman–Crippen MR) is 82.6 cm³/mol. The van der Waals surface area contributed by atoms with E-state index in [9.17, 15) is 9.59 Å². The molecule has 1 aliphatic rings. The summed E-state index contributed by atoms with van der Waals surface area (Å²) in [5, 5.41) is 8.93. The van der Waals surface area contributed by atoms with E-state index in [0.29, 0.717) is 12.8 Å². The second-order valence-corrected chi connectivity index (χ2v) is 6.02. The van der Waals surface area contributed by atoms with Crippen LogP contribution in [0.5, 0.6) is 0 Å². The molecule has 0 saturated carbocycles. The molecule has 1 saturated heterocycles. The topological polar surface area (TPSA) is 66.8 Å². The molecule has 0 bridgehead atoms. The number of rotatable bonds is 5. The van der Waals surface area contributed by atoms with E-state index in [1.807, 2.05) is 13.8 Å². The Balaban J connectivity index is 1.92. The smallest absolute Gasteiger partial charge is 0.332 e. The van der Waals surface area contributed by atoms with Gasteiger partial charge in [0.05, 0.1) is 0 Å². The van der Waals surface area contributed by atoms with Crippen LogP contribution < -0.4 is 0 Å². The molecule has 0 aliphatic carbocycles. The summed E-state index contributed by atoms with van der Waals surface area (Å²) in [5.41, 5.74) is 2.38. The summed E-state index contributed by atoms with van der Waals surface area (Å²) in [6.45, 7) is 4.03. The van der Waals surface area contributed by atoms with E-state index in [4.69, 9.17) is 9.84 Å². The van der Waals surface area contributed by atoms with Gasteiger partial charge in [0.2, 0.25) is 0 Å². The zero-order chi connectivity index (χ0) is 16.3. The first-order valence-corrected chi connectivity index (χ1v) is 7.59. The van der Waals surface area contributed by atoms with Gasteiger partial charge < -0.3 is 14.7 Å². The zero-order valence-corrected chi connectivity index (χ0v) is 13.3. The molecule has 2 rings (SSSR count). The molecular formula is C17H23NO4. The molecule has 22 heavy (non-hydrogen) atoms. The molecular weight excluding hydrogens is 282 g/mol. The molecule has 3 atom stereocenters. The lowest BCUT2D eigenvalue weighted by Crippen LogP contribution is -2.43. The molecule has 1 fully saturated rings. The third-order valence-electron chi connectivity index (χ3n) is 4.23. The fourth-order valence-electron chi connectivity index (χ4n) is 2.65. The lowest BCUT2D eigenvalue weighted by Gasteiger charge is -2.27. The molecule has 1 aromatic rings. The van der Waals surface area contributed by atoms with Gasteiger partial charge in [0.15, 0.2) is 6.10 Å². The molecule has 1 aromatic carbocycles. The van der Waals surface area contributed by atoms with Crippen molar-refractivity contribution in [2.75, 3.05) is 7.05 Å². The standard InChI is InChI=1S/C17H23NO4/c1-11-4-6-13(7-5-11)10-12(2)18(3)16(19)14-8-9-15(22-14)17(20)21/h4-7,12,14-15H,8-10H2,1-3H3,(H,20,21)/t12?,14-,15+/m0/s1. The Hall–Kier alpha value is -1.88. The van der Waals surface area contributed by atoms with Gasteiger partial charge in [-0.05, 0) is 38.7 Å². The second kappa shape index (κ2) is 6.92. The summed E-state index contributed by atoms with van der Waals surface area (Å²) in [7, 11) is 1.75. The van der Waals surface area contributed by atoms with E-state index in [1.54, 1.807) is 11.9 Å². The lowest BCUT2D eigenvalue weighted by molar-refractivity contribution is -0.154. The SMILES string of the molecule is Cc1ccc(CC(C)N(C)C(=O)[C@@H]2CC[C@H](C(=O)O)O2)cc1. The number of carboxylic acids is 1. The molecule has 1 amide bonds. The Bertz CT molecular complexity index is 540. The predicted octanol–water partition coefficient (Wildman–Crippen LogP) is 2.02. The van der Waals surface area contributed by atoms with Crippen LogP contribution >= 0.6 is 0 Å². The van der Waals surface area contributed by atoms with Gasteiger partial charge in [-0.25, -0.2) is 4.79 Å². The Morgan fingerprint density at radius 1 is 1.27 bits per heavy atom. The van der Waals surface area contributed by atoms with E-state index >= 15 is 0 Å². The van der Waals surface area contributed by atoms with Crippen LogP contribution in [0.4, 0.5) is 0 Å². The van der Waals surface area contributed by atoms with Crippen molar-refractivity contribution in [3.63, 3.8) is 0 Å². The Labute approximate surface area is 130 Å². The van der Waals surface area contributed by atoms with Crippen LogP contribution in [0.1, 0.15) is 30.9 Å². The number of amides is 1. The third-order valence-corrected chi connectivity index (χ3v) is 4.23. The molecule has 1 unspecified atom stereocenters. The molecule has 5 heteroatoms. The number of benzene rings is 1. The summed E-state index contributed by atoms with van der Waals surface area (Å²) in [6, 6.07) is 8.28. The molecule has 0 aromatic heterocycles. The highest BCUT2D eigenvalue weighted by Gasteiger charge is 2.36. The number of carboxylic acid groups (broad SMARTS) is 1. The average molecular weight is 305 g/mol. The summed E-state index contributed by atoms with van der Waals surface area (Å²) in [6.07, 6.45) is 0.141. The van der Waals surface area contributed by atoms with Gasteiger partial charge >= 0.3 is 5.97 Å². The van der Waals surface area contributed by atoms with Crippen LogP contribution in [-0.4, -0.2) is 47.2 Å². The van der Waals surface area contributed by atoms with E-state index in [1.165, 1.54) is 11.1 Å². The van der Waals surface area contributed by atoms with Gasteiger partial charge in [-0.3, -0.25) is 4.79 Å². The third kappa shape index (κ3) is 3.85. The maximum absolute atomic E-state index is 12.4. The normalized spacial score (nSPS) is 22.3. The molecule has 0 spiro atoms. The Morgan fingerprint density at radius 2 is 1.86 bits per heavy atom. The quantitative estimate of drug-likeness (QED) is 0.903. The Kier molecular flexibility index (Phi) is 5.19. The van der Waals surface area contributed by atoms with Gasteiger partial charge in [-0.15, -0.1) is 0 Å². The summed E-state index contributed by atoms with van der Waals surface area (Å²) in [5.74, 6) is -1.13. The monoisotopic (exact) mass is 305 g/mol. The van der Waals surface area contributed by atoms with Crippen molar-refractivity contribution in [3.8, 4) is 0 Å². The van der Waals surface area contributed by atoms with E-state index in [2.05, 4.69) is 24.3 Å². The van der Waals surface area contributed by atoms with Crippen molar-refractivity contribution in [2.24, 2.45) is 0 Å². The highest BCUT2D eigenvalue weighted by molar-refractivity contribution is 5.82. The van der Waals surface area contributed by atoms with Crippen LogP contribution in [0.15, 0.2) is 24.3 Å². The number of carbonyl (C=O) groups is 2. The van der Waals surface area contributed by atoms with Crippen LogP contribution in [-0.2, 0) is 20.7 Å². The first-order chi connectivity index (χ1) is 10.4. The fraction of sp³-hybridized carbons (Fsp3) is 0.529. The van der Waals surface area contributed by atoms with E-state index in [0.717, 1.165) is 6.42 Å². The maximum atomic E-state index is 12.4. The lowest BCUT2D eigenvalue weighted by atomic mass is 10.0. The number of nitrogens with zero attached hydrogens (tertiary/aromatic N) is 1. The molecule has 0 radical (unpaired) electrons.